The summed E-state index contributed by atoms with van der Waals surface area (Å²) in [6.45, 7) is 8.44. The number of aryl methyl sites for hydroxylation is 2. The minimum Gasteiger partial charge on any atom is -0.338 e. The van der Waals surface area contributed by atoms with Gasteiger partial charge >= 0.3 is 0 Å². The number of aromatic nitrogens is 2. The van der Waals surface area contributed by atoms with E-state index in [1.54, 1.807) is 0 Å². The molecule has 1 aliphatic heterocycles. The summed E-state index contributed by atoms with van der Waals surface area (Å²) in [5.41, 5.74) is 11.8. The van der Waals surface area contributed by atoms with E-state index in [0.29, 0.717) is 13.0 Å². The zero-order valence-corrected chi connectivity index (χ0v) is 16.9. The molecule has 27 heavy (non-hydrogen) atoms. The van der Waals surface area contributed by atoms with Crippen LogP contribution in [0.1, 0.15) is 53.8 Å². The van der Waals surface area contributed by atoms with Gasteiger partial charge in [-0.25, -0.2) is 0 Å². The fourth-order valence-corrected chi connectivity index (χ4v) is 4.07. The first kappa shape index (κ1) is 19.6. The molecule has 1 aromatic heterocycles. The number of rotatable bonds is 6. The molecule has 3 rings (SSSR count). The number of hydrogen-bond donors (Lipinski definition) is 1. The number of carbonyl (C=O) groups excluding carboxylic acids is 1. The number of nitrogens with two attached hydrogens (primary N) is 1. The van der Waals surface area contributed by atoms with Gasteiger partial charge in [0.2, 0.25) is 5.91 Å². The zero-order chi connectivity index (χ0) is 19.4. The molecule has 146 valence electrons. The minimum absolute atomic E-state index is 0.220. The van der Waals surface area contributed by atoms with Gasteiger partial charge < -0.3 is 10.6 Å². The molecule has 2 N–H and O–H groups in total. The van der Waals surface area contributed by atoms with E-state index in [4.69, 9.17) is 10.8 Å². The molecule has 0 saturated carbocycles. The highest BCUT2D eigenvalue weighted by molar-refractivity contribution is 5.77. The van der Waals surface area contributed by atoms with E-state index in [1.807, 2.05) is 11.8 Å². The standard InChI is InChI=1S/C22H32N4O/c1-16-7-9-19(10-8-16)15-26-18(3)21(17(2)24-26)11-12-22(27)25-13-5-4-6-20(25)14-23/h7-10,20H,4-6,11-15,23H2,1-3H3. The molecule has 1 aliphatic rings. The molecule has 5 heteroatoms. The largest absolute Gasteiger partial charge is 0.338 e. The highest BCUT2D eigenvalue weighted by atomic mass is 16.2. The van der Waals surface area contributed by atoms with Gasteiger partial charge in [0.05, 0.1) is 12.2 Å². The average Bonchev–Trinajstić information content (AvgIpc) is 2.94. The van der Waals surface area contributed by atoms with Crippen molar-refractivity contribution in [1.29, 1.82) is 0 Å². The van der Waals surface area contributed by atoms with Crippen molar-refractivity contribution in [1.82, 2.24) is 14.7 Å². The van der Waals surface area contributed by atoms with Crippen LogP contribution in [0.3, 0.4) is 0 Å². The Kier molecular flexibility index (Phi) is 6.32. The lowest BCUT2D eigenvalue weighted by molar-refractivity contribution is -0.134. The number of likely N-dealkylation sites (tertiary alicyclic amines) is 1. The van der Waals surface area contributed by atoms with Crippen LogP contribution >= 0.6 is 0 Å². The summed E-state index contributed by atoms with van der Waals surface area (Å²) in [6.07, 6.45) is 4.59. The summed E-state index contributed by atoms with van der Waals surface area (Å²) < 4.78 is 2.06. The van der Waals surface area contributed by atoms with Crippen molar-refractivity contribution in [2.24, 2.45) is 5.73 Å². The van der Waals surface area contributed by atoms with Crippen molar-refractivity contribution in [2.45, 2.75) is 65.5 Å². The summed E-state index contributed by atoms with van der Waals surface area (Å²) in [7, 11) is 0. The third kappa shape index (κ3) is 4.59. The maximum absolute atomic E-state index is 12.7. The van der Waals surface area contributed by atoms with Crippen molar-refractivity contribution in [3.8, 4) is 0 Å². The van der Waals surface area contributed by atoms with Gasteiger partial charge in [0.15, 0.2) is 0 Å². The second kappa shape index (κ2) is 8.70. The molecule has 1 saturated heterocycles. The van der Waals surface area contributed by atoms with E-state index in [0.717, 1.165) is 43.7 Å². The molecular weight excluding hydrogens is 336 g/mol. The molecule has 0 spiro atoms. The Balaban J connectivity index is 1.65. The molecule has 1 fully saturated rings. The van der Waals surface area contributed by atoms with Crippen LogP contribution in [-0.2, 0) is 17.8 Å². The van der Waals surface area contributed by atoms with Gasteiger partial charge in [-0.05, 0) is 57.6 Å². The second-order valence-electron chi connectivity index (χ2n) is 7.77. The Labute approximate surface area is 162 Å². The molecule has 5 nitrogen and oxygen atoms in total. The number of carbonyl (C=O) groups is 1. The van der Waals surface area contributed by atoms with Crippen molar-refractivity contribution in [3.05, 3.63) is 52.3 Å². The maximum Gasteiger partial charge on any atom is 0.223 e. The number of hydrogen-bond acceptors (Lipinski definition) is 3. The Morgan fingerprint density at radius 1 is 1.19 bits per heavy atom. The van der Waals surface area contributed by atoms with Gasteiger partial charge in [-0.2, -0.15) is 5.10 Å². The summed E-state index contributed by atoms with van der Waals surface area (Å²) in [5.74, 6) is 0.232. The molecule has 1 unspecified atom stereocenters. The topological polar surface area (TPSA) is 64.2 Å². The molecule has 1 amide bonds. The van der Waals surface area contributed by atoms with Crippen LogP contribution < -0.4 is 5.73 Å². The van der Waals surface area contributed by atoms with Crippen LogP contribution in [0, 0.1) is 20.8 Å². The van der Waals surface area contributed by atoms with E-state index in [2.05, 4.69) is 42.8 Å². The van der Waals surface area contributed by atoms with Crippen LogP contribution in [0.15, 0.2) is 24.3 Å². The van der Waals surface area contributed by atoms with E-state index in [1.165, 1.54) is 23.1 Å². The number of piperidine rings is 1. The normalized spacial score (nSPS) is 17.3. The van der Waals surface area contributed by atoms with Crippen molar-refractivity contribution in [2.75, 3.05) is 13.1 Å². The van der Waals surface area contributed by atoms with Crippen LogP contribution in [0.4, 0.5) is 0 Å². The smallest absolute Gasteiger partial charge is 0.223 e. The Morgan fingerprint density at radius 3 is 2.63 bits per heavy atom. The number of nitrogens with zero attached hydrogens (tertiary/aromatic N) is 3. The van der Waals surface area contributed by atoms with E-state index >= 15 is 0 Å². The molecule has 1 aromatic carbocycles. The molecular formula is C22H32N4O. The van der Waals surface area contributed by atoms with E-state index in [-0.39, 0.29) is 11.9 Å². The SMILES string of the molecule is Cc1ccc(Cn2nc(C)c(CCC(=O)N3CCCCC3CN)c2C)cc1. The first-order valence-electron chi connectivity index (χ1n) is 10.1. The van der Waals surface area contributed by atoms with Crippen LogP contribution in [0.5, 0.6) is 0 Å². The van der Waals surface area contributed by atoms with Gasteiger partial charge in [0, 0.05) is 31.2 Å². The van der Waals surface area contributed by atoms with Crippen molar-refractivity contribution < 1.29 is 4.79 Å². The second-order valence-corrected chi connectivity index (χ2v) is 7.77. The van der Waals surface area contributed by atoms with Gasteiger partial charge in [-0.3, -0.25) is 9.48 Å². The lowest BCUT2D eigenvalue weighted by Crippen LogP contribution is -2.47. The van der Waals surface area contributed by atoms with E-state index in [9.17, 15) is 4.79 Å². The monoisotopic (exact) mass is 368 g/mol. The first-order valence-corrected chi connectivity index (χ1v) is 10.1. The van der Waals surface area contributed by atoms with Gasteiger partial charge in [-0.1, -0.05) is 29.8 Å². The highest BCUT2D eigenvalue weighted by Crippen LogP contribution is 2.20. The average molecular weight is 369 g/mol. The summed E-state index contributed by atoms with van der Waals surface area (Å²) in [6, 6.07) is 8.79. The van der Waals surface area contributed by atoms with Crippen LogP contribution in [0.25, 0.3) is 0 Å². The quantitative estimate of drug-likeness (QED) is 0.852. The third-order valence-corrected chi connectivity index (χ3v) is 5.79. The van der Waals surface area contributed by atoms with Gasteiger partial charge in [0.1, 0.15) is 0 Å². The Morgan fingerprint density at radius 2 is 1.93 bits per heavy atom. The third-order valence-electron chi connectivity index (χ3n) is 5.79. The Hall–Kier alpha value is -2.14. The van der Waals surface area contributed by atoms with E-state index < -0.39 is 0 Å². The predicted molar refractivity (Wildman–Crippen MR) is 109 cm³/mol. The molecule has 2 heterocycles. The summed E-state index contributed by atoms with van der Waals surface area (Å²) >= 11 is 0. The minimum atomic E-state index is 0.220. The lowest BCUT2D eigenvalue weighted by Gasteiger charge is -2.35. The number of benzene rings is 1. The Bertz CT molecular complexity index is 778. The zero-order valence-electron chi connectivity index (χ0n) is 16.9. The van der Waals surface area contributed by atoms with Crippen molar-refractivity contribution >= 4 is 5.91 Å². The first-order chi connectivity index (χ1) is 13.0. The summed E-state index contributed by atoms with van der Waals surface area (Å²) in [4.78, 5) is 14.7. The fourth-order valence-electron chi connectivity index (χ4n) is 4.07. The number of amides is 1. The van der Waals surface area contributed by atoms with Gasteiger partial charge in [0.25, 0.3) is 0 Å². The molecule has 1 atom stereocenters. The lowest BCUT2D eigenvalue weighted by atomic mass is 10.0. The van der Waals surface area contributed by atoms with Gasteiger partial charge in [-0.15, -0.1) is 0 Å². The van der Waals surface area contributed by atoms with Crippen LogP contribution in [0.2, 0.25) is 0 Å². The fraction of sp³-hybridized carbons (Fsp3) is 0.545. The molecule has 2 aromatic rings. The van der Waals surface area contributed by atoms with Crippen molar-refractivity contribution in [3.63, 3.8) is 0 Å². The molecule has 0 aliphatic carbocycles. The molecule has 0 bridgehead atoms. The maximum atomic E-state index is 12.7. The predicted octanol–water partition coefficient (Wildman–Crippen LogP) is 3.13. The summed E-state index contributed by atoms with van der Waals surface area (Å²) in [5, 5.41) is 4.72. The molecule has 0 radical (unpaired) electrons. The highest BCUT2D eigenvalue weighted by Gasteiger charge is 2.25. The van der Waals surface area contributed by atoms with Crippen LogP contribution in [-0.4, -0.2) is 39.7 Å².